The second-order valence-corrected chi connectivity index (χ2v) is 10.2. The van der Waals surface area contributed by atoms with Gasteiger partial charge in [-0.15, -0.1) is 11.3 Å². The van der Waals surface area contributed by atoms with Crippen LogP contribution in [0.25, 0.3) is 22.1 Å². The van der Waals surface area contributed by atoms with E-state index in [1.807, 2.05) is 68.4 Å². The van der Waals surface area contributed by atoms with Gasteiger partial charge in [-0.3, -0.25) is 14.2 Å². The van der Waals surface area contributed by atoms with Crippen molar-refractivity contribution in [3.05, 3.63) is 122 Å². The number of hydrogen-bond donors (Lipinski definition) is 1. The molecule has 0 fully saturated rings. The Hall–Kier alpha value is -5.07. The van der Waals surface area contributed by atoms with E-state index in [4.69, 9.17) is 0 Å². The molecule has 1 amide bonds. The minimum atomic E-state index is -0.516. The SMILES string of the molecule is Cc1ncsc1C#Cc1cccc2cc([C@H](C)NC(=O)c3c(C)nn4cccnc34)n(-c3ccccc3)c(=O)c12. The van der Waals surface area contributed by atoms with Crippen molar-refractivity contribution in [3.8, 4) is 17.5 Å². The van der Waals surface area contributed by atoms with Gasteiger partial charge in [0.15, 0.2) is 5.65 Å². The lowest BCUT2D eigenvalue weighted by atomic mass is 10.0. The number of carbonyl (C=O) groups excluding carboxylic acids is 1. The number of para-hydroxylation sites is 1. The van der Waals surface area contributed by atoms with E-state index in [2.05, 4.69) is 32.2 Å². The number of fused-ring (bicyclic) bond motifs is 2. The fraction of sp³-hybridized carbons (Fsp3) is 0.129. The van der Waals surface area contributed by atoms with Gasteiger partial charge in [-0.1, -0.05) is 36.3 Å². The molecule has 196 valence electrons. The van der Waals surface area contributed by atoms with Crippen LogP contribution in [0.3, 0.4) is 0 Å². The van der Waals surface area contributed by atoms with Gasteiger partial charge < -0.3 is 5.32 Å². The van der Waals surface area contributed by atoms with E-state index in [9.17, 15) is 9.59 Å². The normalized spacial score (nSPS) is 11.8. The predicted octanol–water partition coefficient (Wildman–Crippen LogP) is 5.00. The molecule has 0 spiro atoms. The van der Waals surface area contributed by atoms with Crippen LogP contribution in [0.15, 0.2) is 83.4 Å². The molecule has 6 aromatic rings. The van der Waals surface area contributed by atoms with E-state index < -0.39 is 6.04 Å². The summed E-state index contributed by atoms with van der Waals surface area (Å²) >= 11 is 1.47. The smallest absolute Gasteiger partial charge is 0.264 e. The van der Waals surface area contributed by atoms with Gasteiger partial charge in [0, 0.05) is 29.3 Å². The summed E-state index contributed by atoms with van der Waals surface area (Å²) in [6, 6.07) is 18.2. The van der Waals surface area contributed by atoms with E-state index in [1.165, 1.54) is 11.3 Å². The summed E-state index contributed by atoms with van der Waals surface area (Å²) in [4.78, 5) is 37.2. The van der Waals surface area contributed by atoms with Crippen molar-refractivity contribution in [3.63, 3.8) is 0 Å². The van der Waals surface area contributed by atoms with E-state index in [0.29, 0.717) is 39.2 Å². The number of thiazole rings is 1. The zero-order valence-electron chi connectivity index (χ0n) is 22.0. The third-order valence-electron chi connectivity index (χ3n) is 6.73. The number of rotatable bonds is 4. The summed E-state index contributed by atoms with van der Waals surface area (Å²) in [7, 11) is 0. The van der Waals surface area contributed by atoms with Crippen LogP contribution in [0.5, 0.6) is 0 Å². The maximum atomic E-state index is 14.2. The first-order valence-electron chi connectivity index (χ1n) is 12.7. The minimum absolute atomic E-state index is 0.209. The third kappa shape index (κ3) is 4.44. The average Bonchev–Trinajstić information content (AvgIpc) is 3.53. The number of aromatic nitrogens is 5. The number of carbonyl (C=O) groups is 1. The Morgan fingerprint density at radius 1 is 1.00 bits per heavy atom. The lowest BCUT2D eigenvalue weighted by Crippen LogP contribution is -2.32. The Morgan fingerprint density at radius 3 is 2.60 bits per heavy atom. The van der Waals surface area contributed by atoms with Crippen molar-refractivity contribution in [1.29, 1.82) is 0 Å². The molecular weight excluding hydrogens is 520 g/mol. The van der Waals surface area contributed by atoms with Crippen molar-refractivity contribution in [2.45, 2.75) is 26.8 Å². The quantitative estimate of drug-likeness (QED) is 0.315. The molecule has 0 saturated carbocycles. The summed E-state index contributed by atoms with van der Waals surface area (Å²) in [6.45, 7) is 5.56. The second-order valence-electron chi connectivity index (χ2n) is 9.38. The summed E-state index contributed by atoms with van der Waals surface area (Å²) in [5, 5.41) is 8.74. The van der Waals surface area contributed by atoms with Gasteiger partial charge in [-0.2, -0.15) is 5.10 Å². The fourth-order valence-electron chi connectivity index (χ4n) is 4.80. The Balaban J connectivity index is 1.48. The van der Waals surface area contributed by atoms with Gasteiger partial charge >= 0.3 is 0 Å². The molecule has 4 heterocycles. The van der Waals surface area contributed by atoms with Crippen LogP contribution in [0.1, 0.15) is 50.8 Å². The van der Waals surface area contributed by atoms with Gasteiger partial charge in [0.05, 0.1) is 33.2 Å². The van der Waals surface area contributed by atoms with Gasteiger partial charge in [0.2, 0.25) is 0 Å². The Bertz CT molecular complexity index is 2030. The average molecular weight is 545 g/mol. The third-order valence-corrected chi connectivity index (χ3v) is 7.58. The van der Waals surface area contributed by atoms with Crippen molar-refractivity contribution in [2.75, 3.05) is 0 Å². The lowest BCUT2D eigenvalue weighted by molar-refractivity contribution is 0.0939. The van der Waals surface area contributed by atoms with Crippen LogP contribution in [-0.2, 0) is 0 Å². The van der Waals surface area contributed by atoms with Crippen molar-refractivity contribution < 1.29 is 4.79 Å². The van der Waals surface area contributed by atoms with E-state index in [-0.39, 0.29) is 11.5 Å². The zero-order chi connectivity index (χ0) is 27.8. The summed E-state index contributed by atoms with van der Waals surface area (Å²) < 4.78 is 3.23. The highest BCUT2D eigenvalue weighted by Crippen LogP contribution is 2.24. The molecule has 0 bridgehead atoms. The molecule has 0 aliphatic heterocycles. The summed E-state index contributed by atoms with van der Waals surface area (Å²) in [5.74, 6) is 6.05. The van der Waals surface area contributed by atoms with Crippen LogP contribution in [-0.4, -0.2) is 30.1 Å². The Morgan fingerprint density at radius 2 is 1.82 bits per heavy atom. The van der Waals surface area contributed by atoms with Gasteiger partial charge in [-0.05, 0) is 62.4 Å². The molecule has 1 atom stereocenters. The largest absolute Gasteiger partial charge is 0.344 e. The summed E-state index contributed by atoms with van der Waals surface area (Å²) in [5.41, 5.74) is 5.83. The van der Waals surface area contributed by atoms with Gasteiger partial charge in [0.25, 0.3) is 11.5 Å². The number of benzene rings is 2. The van der Waals surface area contributed by atoms with Crippen LogP contribution in [0, 0.1) is 25.7 Å². The predicted molar refractivity (Wildman–Crippen MR) is 156 cm³/mol. The van der Waals surface area contributed by atoms with Crippen LogP contribution < -0.4 is 10.9 Å². The standard InChI is InChI=1S/C31H24N6O2S/c1-19(34-30(38)27-21(3)35-36-16-8-15-32-29(27)36)25-17-23-10-7-9-22(13-14-26-20(2)33-18-40-26)28(23)31(39)37(25)24-11-5-4-6-12-24/h4-12,15-19H,1-3H3,(H,34,38)/t19-/m0/s1. The molecular formula is C31H24N6O2S. The number of hydrogen-bond acceptors (Lipinski definition) is 6. The molecule has 0 aliphatic rings. The van der Waals surface area contributed by atoms with E-state index in [1.54, 1.807) is 40.0 Å². The maximum Gasteiger partial charge on any atom is 0.264 e. The monoisotopic (exact) mass is 544 g/mol. The molecule has 8 nitrogen and oxygen atoms in total. The molecule has 40 heavy (non-hydrogen) atoms. The molecule has 0 unspecified atom stereocenters. The molecule has 9 heteroatoms. The second kappa shape index (κ2) is 10.2. The fourth-order valence-corrected chi connectivity index (χ4v) is 5.45. The molecule has 2 aromatic carbocycles. The minimum Gasteiger partial charge on any atom is -0.344 e. The number of nitrogens with one attached hydrogen (secondary N) is 1. The maximum absolute atomic E-state index is 14.2. The highest BCUT2D eigenvalue weighted by atomic mass is 32.1. The zero-order valence-corrected chi connectivity index (χ0v) is 22.9. The first kappa shape index (κ1) is 25.2. The number of aryl methyl sites for hydroxylation is 2. The van der Waals surface area contributed by atoms with E-state index >= 15 is 0 Å². The van der Waals surface area contributed by atoms with Gasteiger partial charge in [0.1, 0.15) is 5.56 Å². The molecule has 6 rings (SSSR count). The highest BCUT2D eigenvalue weighted by molar-refractivity contribution is 7.10. The van der Waals surface area contributed by atoms with E-state index in [0.717, 1.165) is 16.0 Å². The lowest BCUT2D eigenvalue weighted by Gasteiger charge is -2.21. The molecule has 0 radical (unpaired) electrons. The molecule has 4 aromatic heterocycles. The number of nitrogens with zero attached hydrogens (tertiary/aromatic N) is 5. The van der Waals surface area contributed by atoms with Crippen LogP contribution >= 0.6 is 11.3 Å². The number of pyridine rings is 1. The first-order valence-corrected chi connectivity index (χ1v) is 13.6. The van der Waals surface area contributed by atoms with Crippen LogP contribution in [0.2, 0.25) is 0 Å². The van der Waals surface area contributed by atoms with Crippen molar-refractivity contribution in [2.24, 2.45) is 0 Å². The van der Waals surface area contributed by atoms with Gasteiger partial charge in [-0.25, -0.2) is 14.5 Å². The Labute approximate surface area is 234 Å². The highest BCUT2D eigenvalue weighted by Gasteiger charge is 2.23. The topological polar surface area (TPSA) is 94.2 Å². The first-order chi connectivity index (χ1) is 19.4. The summed E-state index contributed by atoms with van der Waals surface area (Å²) in [6.07, 6.45) is 3.38. The Kier molecular flexibility index (Phi) is 6.46. The van der Waals surface area contributed by atoms with Crippen molar-refractivity contribution in [1.82, 2.24) is 29.5 Å². The molecule has 1 N–H and O–H groups in total. The number of amides is 1. The molecule has 0 aliphatic carbocycles. The molecule has 0 saturated heterocycles. The van der Waals surface area contributed by atoms with Crippen LogP contribution in [0.4, 0.5) is 0 Å². The van der Waals surface area contributed by atoms with Crippen molar-refractivity contribution >= 4 is 33.7 Å².